The molecule has 0 fully saturated rings. The summed E-state index contributed by atoms with van der Waals surface area (Å²) in [4.78, 5) is 13.1. The fourth-order valence-electron chi connectivity index (χ4n) is 2.15. The Labute approximate surface area is 133 Å². The van der Waals surface area contributed by atoms with Gasteiger partial charge >= 0.3 is 0 Å². The van der Waals surface area contributed by atoms with Gasteiger partial charge in [-0.25, -0.2) is 0 Å². The predicted molar refractivity (Wildman–Crippen MR) is 87.9 cm³/mol. The molecule has 0 saturated heterocycles. The second kappa shape index (κ2) is 6.62. The van der Waals surface area contributed by atoms with Gasteiger partial charge in [-0.2, -0.15) is 0 Å². The highest BCUT2D eigenvalue weighted by atomic mass is 32.2. The van der Waals surface area contributed by atoms with Crippen LogP contribution in [0.3, 0.4) is 0 Å². The van der Waals surface area contributed by atoms with Gasteiger partial charge in [0.1, 0.15) is 0 Å². The maximum atomic E-state index is 12.0. The topological polar surface area (TPSA) is 59.6 Å². The van der Waals surface area contributed by atoms with Crippen molar-refractivity contribution in [2.45, 2.75) is 4.90 Å². The van der Waals surface area contributed by atoms with Crippen molar-refractivity contribution in [2.24, 2.45) is 0 Å². The molecule has 6 heteroatoms. The molecule has 2 aromatic rings. The number of carbonyl (C=O) groups excluding carboxylic acids is 1. The second-order valence-corrected chi connectivity index (χ2v) is 5.52. The molecule has 2 aromatic carbocycles. The van der Waals surface area contributed by atoms with E-state index in [0.717, 1.165) is 10.6 Å². The highest BCUT2D eigenvalue weighted by Crippen LogP contribution is 2.34. The van der Waals surface area contributed by atoms with Crippen molar-refractivity contribution in [3.05, 3.63) is 42.5 Å². The van der Waals surface area contributed by atoms with Crippen LogP contribution in [0.5, 0.6) is 11.5 Å². The number of anilines is 2. The van der Waals surface area contributed by atoms with Gasteiger partial charge in [0.25, 0.3) is 0 Å². The number of hydrogen-bond acceptors (Lipinski definition) is 5. The molecule has 3 rings (SSSR count). The van der Waals surface area contributed by atoms with Crippen LogP contribution in [-0.4, -0.2) is 25.5 Å². The first kappa shape index (κ1) is 14.6. The Morgan fingerprint density at radius 1 is 1.18 bits per heavy atom. The van der Waals surface area contributed by atoms with Crippen LogP contribution in [0.25, 0.3) is 0 Å². The smallest absolute Gasteiger partial charge is 0.243 e. The number of ether oxygens (including phenoxy) is 2. The first-order valence-corrected chi connectivity index (χ1v) is 8.05. The Bertz CT molecular complexity index is 691. The Morgan fingerprint density at radius 3 is 2.86 bits per heavy atom. The number of thioether (sulfide) groups is 1. The van der Waals surface area contributed by atoms with Crippen LogP contribution < -0.4 is 20.1 Å². The van der Waals surface area contributed by atoms with Crippen LogP contribution in [0.2, 0.25) is 0 Å². The Balaban J connectivity index is 1.58. The van der Waals surface area contributed by atoms with Gasteiger partial charge in [0.15, 0.2) is 11.5 Å². The van der Waals surface area contributed by atoms with Crippen molar-refractivity contribution in [2.75, 3.05) is 30.2 Å². The van der Waals surface area contributed by atoms with Crippen molar-refractivity contribution in [1.82, 2.24) is 0 Å². The van der Waals surface area contributed by atoms with Gasteiger partial charge in [-0.15, -0.1) is 11.8 Å². The van der Waals surface area contributed by atoms with Crippen LogP contribution >= 0.6 is 11.8 Å². The summed E-state index contributed by atoms with van der Waals surface area (Å²) < 4.78 is 10.5. The van der Waals surface area contributed by atoms with E-state index in [1.165, 1.54) is 0 Å². The number of benzene rings is 2. The zero-order valence-electron chi connectivity index (χ0n) is 12.1. The fraction of sp³-hybridized carbons (Fsp3) is 0.188. The third-order valence-electron chi connectivity index (χ3n) is 3.20. The Kier molecular flexibility index (Phi) is 4.39. The van der Waals surface area contributed by atoms with E-state index in [1.54, 1.807) is 30.0 Å². The summed E-state index contributed by atoms with van der Waals surface area (Å²) in [5, 5.41) is 5.98. The minimum absolute atomic E-state index is 0.116. The molecule has 5 nitrogen and oxygen atoms in total. The highest BCUT2D eigenvalue weighted by Gasteiger charge is 2.14. The number of nitrogens with one attached hydrogen (secondary N) is 2. The van der Waals surface area contributed by atoms with Gasteiger partial charge in [0, 0.05) is 22.3 Å². The van der Waals surface area contributed by atoms with Crippen LogP contribution in [-0.2, 0) is 4.79 Å². The SMILES string of the molecule is CSc1ccccc1NCC(=O)Nc1ccc2c(c1)OCO2. The molecule has 0 aromatic heterocycles. The van der Waals surface area contributed by atoms with Crippen molar-refractivity contribution >= 4 is 29.0 Å². The van der Waals surface area contributed by atoms with E-state index >= 15 is 0 Å². The minimum Gasteiger partial charge on any atom is -0.454 e. The first-order chi connectivity index (χ1) is 10.8. The third kappa shape index (κ3) is 3.28. The lowest BCUT2D eigenvalue weighted by atomic mass is 10.2. The highest BCUT2D eigenvalue weighted by molar-refractivity contribution is 7.98. The van der Waals surface area contributed by atoms with E-state index in [9.17, 15) is 4.79 Å². The van der Waals surface area contributed by atoms with E-state index in [4.69, 9.17) is 9.47 Å². The maximum Gasteiger partial charge on any atom is 0.243 e. The van der Waals surface area contributed by atoms with E-state index in [0.29, 0.717) is 17.2 Å². The largest absolute Gasteiger partial charge is 0.454 e. The van der Waals surface area contributed by atoms with Crippen molar-refractivity contribution in [3.8, 4) is 11.5 Å². The van der Waals surface area contributed by atoms with Gasteiger partial charge in [0.2, 0.25) is 12.7 Å². The molecule has 0 bridgehead atoms. The monoisotopic (exact) mass is 316 g/mol. The van der Waals surface area contributed by atoms with Gasteiger partial charge in [-0.1, -0.05) is 12.1 Å². The molecule has 114 valence electrons. The molecule has 1 aliphatic heterocycles. The molecule has 0 radical (unpaired) electrons. The maximum absolute atomic E-state index is 12.0. The van der Waals surface area contributed by atoms with Crippen molar-refractivity contribution in [1.29, 1.82) is 0 Å². The number of para-hydroxylation sites is 1. The second-order valence-electron chi connectivity index (χ2n) is 4.67. The number of fused-ring (bicyclic) bond motifs is 1. The molecular weight excluding hydrogens is 300 g/mol. The fourth-order valence-corrected chi connectivity index (χ4v) is 2.72. The van der Waals surface area contributed by atoms with E-state index in [2.05, 4.69) is 10.6 Å². The van der Waals surface area contributed by atoms with Crippen molar-refractivity contribution < 1.29 is 14.3 Å². The van der Waals surface area contributed by atoms with Gasteiger partial charge < -0.3 is 20.1 Å². The minimum atomic E-state index is -0.116. The number of rotatable bonds is 5. The Hall–Kier alpha value is -2.34. The molecule has 1 aliphatic rings. The number of amides is 1. The standard InChI is InChI=1S/C16H16N2O3S/c1-22-15-5-3-2-4-12(15)17-9-16(19)18-11-6-7-13-14(8-11)21-10-20-13/h2-8,17H,9-10H2,1H3,(H,18,19). The lowest BCUT2D eigenvalue weighted by Crippen LogP contribution is -2.21. The molecule has 0 spiro atoms. The predicted octanol–water partition coefficient (Wildman–Crippen LogP) is 3.19. The number of hydrogen-bond donors (Lipinski definition) is 2. The average Bonchev–Trinajstić information content (AvgIpc) is 3.01. The molecule has 2 N–H and O–H groups in total. The zero-order chi connectivity index (χ0) is 15.4. The van der Waals surface area contributed by atoms with Gasteiger partial charge in [-0.3, -0.25) is 4.79 Å². The van der Waals surface area contributed by atoms with Crippen LogP contribution in [0.1, 0.15) is 0 Å². The lowest BCUT2D eigenvalue weighted by Gasteiger charge is -2.11. The molecule has 0 unspecified atom stereocenters. The molecular formula is C16H16N2O3S. The summed E-state index contributed by atoms with van der Waals surface area (Å²) in [6.45, 7) is 0.422. The molecule has 0 saturated carbocycles. The first-order valence-electron chi connectivity index (χ1n) is 6.82. The molecule has 1 heterocycles. The van der Waals surface area contributed by atoms with E-state index < -0.39 is 0 Å². The lowest BCUT2D eigenvalue weighted by molar-refractivity contribution is -0.114. The normalized spacial score (nSPS) is 12.0. The summed E-state index contributed by atoms with van der Waals surface area (Å²) >= 11 is 1.64. The summed E-state index contributed by atoms with van der Waals surface area (Å²) in [6, 6.07) is 13.2. The molecule has 0 aliphatic carbocycles. The van der Waals surface area contributed by atoms with Crippen molar-refractivity contribution in [3.63, 3.8) is 0 Å². The third-order valence-corrected chi connectivity index (χ3v) is 4.00. The summed E-state index contributed by atoms with van der Waals surface area (Å²) in [5.74, 6) is 1.23. The average molecular weight is 316 g/mol. The summed E-state index contributed by atoms with van der Waals surface area (Å²) in [7, 11) is 0. The number of carbonyl (C=O) groups is 1. The molecule has 22 heavy (non-hydrogen) atoms. The molecule has 1 amide bonds. The quantitative estimate of drug-likeness (QED) is 0.830. The van der Waals surface area contributed by atoms with Crippen LogP contribution in [0, 0.1) is 0 Å². The zero-order valence-corrected chi connectivity index (χ0v) is 12.9. The van der Waals surface area contributed by atoms with Gasteiger partial charge in [0.05, 0.1) is 6.54 Å². The van der Waals surface area contributed by atoms with Crippen LogP contribution in [0.15, 0.2) is 47.4 Å². The van der Waals surface area contributed by atoms with Crippen LogP contribution in [0.4, 0.5) is 11.4 Å². The van der Waals surface area contributed by atoms with E-state index in [-0.39, 0.29) is 19.2 Å². The summed E-state index contributed by atoms with van der Waals surface area (Å²) in [5.41, 5.74) is 1.64. The Morgan fingerprint density at radius 2 is 2.00 bits per heavy atom. The summed E-state index contributed by atoms with van der Waals surface area (Å²) in [6.07, 6.45) is 2.01. The van der Waals surface area contributed by atoms with Gasteiger partial charge in [-0.05, 0) is 30.5 Å². The molecule has 0 atom stereocenters. The van der Waals surface area contributed by atoms with E-state index in [1.807, 2.05) is 30.5 Å².